The molecule has 1 heterocycles. The van der Waals surface area contributed by atoms with Gasteiger partial charge < -0.3 is 9.64 Å². The topological polar surface area (TPSA) is 72.7 Å². The minimum atomic E-state index is -4.81. The number of fused-ring (bicyclic) bond motifs is 1. The van der Waals surface area contributed by atoms with Gasteiger partial charge in [-0.25, -0.2) is 4.79 Å². The number of carbonyl (C=O) groups excluding carboxylic acids is 1. The molecule has 0 bridgehead atoms. The highest BCUT2D eigenvalue weighted by Gasteiger charge is 2.40. The first-order valence-electron chi connectivity index (χ1n) is 7.24. The summed E-state index contributed by atoms with van der Waals surface area (Å²) in [5.74, 6) is 0. The van der Waals surface area contributed by atoms with E-state index in [0.717, 1.165) is 12.1 Å². The molecule has 1 amide bonds. The maximum absolute atomic E-state index is 13.0. The molecule has 0 fully saturated rings. The van der Waals surface area contributed by atoms with Crippen molar-refractivity contribution < 1.29 is 27.6 Å². The fourth-order valence-electron chi connectivity index (χ4n) is 2.46. The van der Waals surface area contributed by atoms with Gasteiger partial charge in [0.2, 0.25) is 0 Å². The number of nitro groups is 1. The Morgan fingerprint density at radius 1 is 1.25 bits per heavy atom. The van der Waals surface area contributed by atoms with E-state index in [2.05, 4.69) is 0 Å². The first-order chi connectivity index (χ1) is 10.9. The number of hydrogen-bond donors (Lipinski definition) is 0. The number of hydrogen-bond acceptors (Lipinski definition) is 4. The highest BCUT2D eigenvalue weighted by Crippen LogP contribution is 2.39. The lowest BCUT2D eigenvalue weighted by Gasteiger charge is -2.31. The van der Waals surface area contributed by atoms with Crippen molar-refractivity contribution >= 4 is 11.8 Å². The van der Waals surface area contributed by atoms with Crippen molar-refractivity contribution in [2.45, 2.75) is 45.5 Å². The Morgan fingerprint density at radius 2 is 1.88 bits per heavy atom. The van der Waals surface area contributed by atoms with Crippen molar-refractivity contribution in [3.63, 3.8) is 0 Å². The molecule has 0 atom stereocenters. The van der Waals surface area contributed by atoms with Gasteiger partial charge in [0.25, 0.3) is 5.69 Å². The van der Waals surface area contributed by atoms with Gasteiger partial charge in [-0.15, -0.1) is 0 Å². The summed E-state index contributed by atoms with van der Waals surface area (Å²) in [7, 11) is 0. The Kier molecular flexibility index (Phi) is 4.47. The molecule has 0 saturated carbocycles. The molecule has 0 unspecified atom stereocenters. The van der Waals surface area contributed by atoms with Crippen molar-refractivity contribution in [2.75, 3.05) is 6.54 Å². The first-order valence-corrected chi connectivity index (χ1v) is 7.24. The van der Waals surface area contributed by atoms with E-state index in [4.69, 9.17) is 4.74 Å². The lowest BCUT2D eigenvalue weighted by atomic mass is 9.96. The highest BCUT2D eigenvalue weighted by molar-refractivity contribution is 5.69. The van der Waals surface area contributed by atoms with Crippen molar-refractivity contribution in [3.8, 4) is 0 Å². The van der Waals surface area contributed by atoms with Crippen LogP contribution in [0.25, 0.3) is 0 Å². The van der Waals surface area contributed by atoms with E-state index in [1.165, 1.54) is 4.90 Å². The first kappa shape index (κ1) is 18.0. The summed E-state index contributed by atoms with van der Waals surface area (Å²) >= 11 is 0. The van der Waals surface area contributed by atoms with Gasteiger partial charge in [0.05, 0.1) is 4.92 Å². The van der Waals surface area contributed by atoms with Crippen LogP contribution in [0, 0.1) is 10.1 Å². The van der Waals surface area contributed by atoms with Crippen molar-refractivity contribution in [2.24, 2.45) is 0 Å². The van der Waals surface area contributed by atoms with Crippen LogP contribution < -0.4 is 0 Å². The van der Waals surface area contributed by atoms with Crippen molar-refractivity contribution in [1.82, 2.24) is 4.90 Å². The third-order valence-electron chi connectivity index (χ3n) is 3.48. The normalized spacial score (nSPS) is 15.0. The second kappa shape index (κ2) is 5.95. The molecule has 9 heteroatoms. The van der Waals surface area contributed by atoms with Gasteiger partial charge in [0, 0.05) is 19.2 Å². The van der Waals surface area contributed by atoms with Gasteiger partial charge in [-0.05, 0) is 44.4 Å². The number of halogens is 3. The average Bonchev–Trinajstić information content (AvgIpc) is 2.42. The number of ether oxygens (including phenoxy) is 1. The molecule has 1 aromatic rings. The molecule has 0 spiro atoms. The summed E-state index contributed by atoms with van der Waals surface area (Å²) in [5, 5.41) is 11.0. The molecule has 0 saturated heterocycles. The van der Waals surface area contributed by atoms with E-state index in [0.29, 0.717) is 11.1 Å². The zero-order valence-electron chi connectivity index (χ0n) is 13.4. The van der Waals surface area contributed by atoms with Gasteiger partial charge in [-0.2, -0.15) is 13.2 Å². The smallest absolute Gasteiger partial charge is 0.423 e. The maximum Gasteiger partial charge on any atom is 0.423 e. The van der Waals surface area contributed by atoms with Crippen LogP contribution in [0.15, 0.2) is 12.1 Å². The van der Waals surface area contributed by atoms with E-state index >= 15 is 0 Å². The molecule has 6 nitrogen and oxygen atoms in total. The predicted octanol–water partition coefficient (Wildman–Crippen LogP) is 3.91. The van der Waals surface area contributed by atoms with Crippen LogP contribution in [0.5, 0.6) is 0 Å². The summed E-state index contributed by atoms with van der Waals surface area (Å²) in [6, 6.07) is 1.70. The molecule has 2 rings (SSSR count). The third-order valence-corrected chi connectivity index (χ3v) is 3.48. The Balaban J connectivity index is 2.34. The Hall–Kier alpha value is -2.32. The largest absolute Gasteiger partial charge is 0.444 e. The summed E-state index contributed by atoms with van der Waals surface area (Å²) in [5.41, 5.74) is -2.30. The average molecular weight is 346 g/mol. The van der Waals surface area contributed by atoms with Crippen LogP contribution in [0.3, 0.4) is 0 Å². The summed E-state index contributed by atoms with van der Waals surface area (Å²) in [6.45, 7) is 5.26. The van der Waals surface area contributed by atoms with E-state index in [1.54, 1.807) is 20.8 Å². The summed E-state index contributed by atoms with van der Waals surface area (Å²) in [6.07, 6.45) is -5.23. The van der Waals surface area contributed by atoms with E-state index in [1.807, 2.05) is 0 Å². The lowest BCUT2D eigenvalue weighted by Crippen LogP contribution is -2.40. The van der Waals surface area contributed by atoms with E-state index < -0.39 is 34.0 Å². The standard InChI is InChI=1S/C15H17F3N2O4/c1-14(2,3)24-13(21)19-5-4-9-6-11(15(16,17)18)12(20(22)23)7-10(9)8-19/h6-7H,4-5,8H2,1-3H3. The lowest BCUT2D eigenvalue weighted by molar-refractivity contribution is -0.388. The zero-order valence-corrected chi connectivity index (χ0v) is 13.4. The molecule has 0 radical (unpaired) electrons. The predicted molar refractivity (Wildman–Crippen MR) is 78.4 cm³/mol. The second-order valence-corrected chi connectivity index (χ2v) is 6.54. The Bertz CT molecular complexity index is 681. The molecule has 1 aromatic carbocycles. The minimum absolute atomic E-state index is 0.0246. The van der Waals surface area contributed by atoms with E-state index in [-0.39, 0.29) is 19.5 Å². The molecule has 132 valence electrons. The van der Waals surface area contributed by atoms with Gasteiger partial charge in [-0.1, -0.05) is 0 Å². The maximum atomic E-state index is 13.0. The molecule has 0 aromatic heterocycles. The molecule has 24 heavy (non-hydrogen) atoms. The van der Waals surface area contributed by atoms with Crippen LogP contribution >= 0.6 is 0 Å². The summed E-state index contributed by atoms with van der Waals surface area (Å²) < 4.78 is 44.2. The quantitative estimate of drug-likeness (QED) is 0.571. The molecule has 1 aliphatic heterocycles. The molecular formula is C15H17F3N2O4. The monoisotopic (exact) mass is 346 g/mol. The molecule has 0 aliphatic carbocycles. The van der Waals surface area contributed by atoms with Crippen LogP contribution in [-0.4, -0.2) is 28.1 Å². The number of nitrogens with zero attached hydrogens (tertiary/aromatic N) is 2. The van der Waals surface area contributed by atoms with Crippen LogP contribution in [0.1, 0.15) is 37.5 Å². The SMILES string of the molecule is CC(C)(C)OC(=O)N1CCc2cc(C(F)(F)F)c([N+](=O)[O-])cc2C1. The fourth-order valence-corrected chi connectivity index (χ4v) is 2.46. The molecule has 0 N–H and O–H groups in total. The number of alkyl halides is 3. The van der Waals surface area contributed by atoms with Crippen LogP contribution in [-0.2, 0) is 23.9 Å². The number of benzene rings is 1. The molecular weight excluding hydrogens is 329 g/mol. The Labute approximate surface area is 136 Å². The summed E-state index contributed by atoms with van der Waals surface area (Å²) in [4.78, 5) is 23.3. The number of carbonyl (C=O) groups is 1. The van der Waals surface area contributed by atoms with Crippen LogP contribution in [0.2, 0.25) is 0 Å². The van der Waals surface area contributed by atoms with E-state index in [9.17, 15) is 28.1 Å². The second-order valence-electron chi connectivity index (χ2n) is 6.54. The van der Waals surface area contributed by atoms with Crippen molar-refractivity contribution in [1.29, 1.82) is 0 Å². The number of amides is 1. The highest BCUT2D eigenvalue weighted by atomic mass is 19.4. The number of rotatable bonds is 1. The van der Waals surface area contributed by atoms with Crippen LogP contribution in [0.4, 0.5) is 23.7 Å². The third kappa shape index (κ3) is 3.95. The minimum Gasteiger partial charge on any atom is -0.444 e. The zero-order chi connectivity index (χ0) is 18.3. The van der Waals surface area contributed by atoms with Gasteiger partial charge in [0.15, 0.2) is 0 Å². The fraction of sp³-hybridized carbons (Fsp3) is 0.533. The van der Waals surface area contributed by atoms with Crippen molar-refractivity contribution in [3.05, 3.63) is 38.9 Å². The van der Waals surface area contributed by atoms with Gasteiger partial charge >= 0.3 is 12.3 Å². The molecule has 1 aliphatic rings. The number of nitro benzene ring substituents is 1. The van der Waals surface area contributed by atoms with Gasteiger partial charge in [-0.3, -0.25) is 10.1 Å². The Morgan fingerprint density at radius 3 is 2.38 bits per heavy atom. The van der Waals surface area contributed by atoms with Gasteiger partial charge in [0.1, 0.15) is 11.2 Å².